The average Bonchev–Trinajstić information content (AvgIpc) is 2.47. The lowest BCUT2D eigenvalue weighted by Gasteiger charge is -2.52. The third-order valence-corrected chi connectivity index (χ3v) is 5.74. The zero-order valence-corrected chi connectivity index (χ0v) is 11.9. The lowest BCUT2D eigenvalue weighted by molar-refractivity contribution is 0.0544. The minimum atomic E-state index is 0.0762. The first-order chi connectivity index (χ1) is 9.00. The van der Waals surface area contributed by atoms with Gasteiger partial charge in [-0.2, -0.15) is 0 Å². The van der Waals surface area contributed by atoms with Gasteiger partial charge in [0, 0.05) is 5.54 Å². The van der Waals surface area contributed by atoms with Crippen molar-refractivity contribution in [2.45, 2.75) is 56.4 Å². The van der Waals surface area contributed by atoms with Crippen molar-refractivity contribution in [1.29, 1.82) is 0 Å². The van der Waals surface area contributed by atoms with Crippen molar-refractivity contribution in [3.05, 3.63) is 29.3 Å². The second-order valence-electron chi connectivity index (χ2n) is 7.56. The van der Waals surface area contributed by atoms with Crippen LogP contribution in [0.1, 0.15) is 62.0 Å². The fourth-order valence-electron chi connectivity index (χ4n) is 5.47. The van der Waals surface area contributed by atoms with Crippen LogP contribution in [0.4, 0.5) is 0 Å². The van der Waals surface area contributed by atoms with E-state index in [2.05, 4.69) is 25.1 Å². The largest absolute Gasteiger partial charge is 0.497 e. The van der Waals surface area contributed by atoms with E-state index in [1.807, 2.05) is 0 Å². The van der Waals surface area contributed by atoms with Gasteiger partial charge in [0.05, 0.1) is 7.11 Å². The third-order valence-electron chi connectivity index (χ3n) is 5.74. The first-order valence-corrected chi connectivity index (χ1v) is 7.47. The summed E-state index contributed by atoms with van der Waals surface area (Å²) in [5.74, 6) is 2.30. The van der Waals surface area contributed by atoms with Gasteiger partial charge in [0.1, 0.15) is 5.75 Å². The molecule has 2 saturated carbocycles. The highest BCUT2D eigenvalue weighted by molar-refractivity contribution is 5.44. The van der Waals surface area contributed by atoms with E-state index >= 15 is 0 Å². The molecule has 2 heteroatoms. The molecule has 5 rings (SSSR count). The first kappa shape index (κ1) is 11.8. The van der Waals surface area contributed by atoms with E-state index in [0.29, 0.717) is 17.3 Å². The fraction of sp³-hybridized carbons (Fsp3) is 0.647. The van der Waals surface area contributed by atoms with Gasteiger partial charge in [-0.1, -0.05) is 13.0 Å². The van der Waals surface area contributed by atoms with Crippen LogP contribution in [-0.2, 0) is 0 Å². The Hall–Kier alpha value is -1.02. The molecule has 1 aromatic rings. The van der Waals surface area contributed by atoms with E-state index in [1.165, 1.54) is 37.7 Å². The normalized spacial score (nSPS) is 42.9. The van der Waals surface area contributed by atoms with E-state index < -0.39 is 0 Å². The van der Waals surface area contributed by atoms with Crippen molar-refractivity contribution in [3.8, 4) is 5.75 Å². The summed E-state index contributed by atoms with van der Waals surface area (Å²) >= 11 is 0. The Morgan fingerprint density at radius 1 is 1.11 bits per heavy atom. The van der Waals surface area contributed by atoms with Crippen LogP contribution in [0, 0.1) is 5.41 Å². The van der Waals surface area contributed by atoms with Gasteiger partial charge in [-0.3, -0.25) is 0 Å². The number of methoxy groups -OCH3 is 1. The maximum atomic E-state index is 6.72. The van der Waals surface area contributed by atoms with Gasteiger partial charge in [-0.05, 0) is 72.6 Å². The van der Waals surface area contributed by atoms with Crippen LogP contribution < -0.4 is 10.5 Å². The number of benzene rings is 1. The molecule has 0 aromatic heterocycles. The monoisotopic (exact) mass is 257 g/mol. The molecule has 19 heavy (non-hydrogen) atoms. The third kappa shape index (κ3) is 1.66. The zero-order chi connectivity index (χ0) is 13.3. The molecule has 4 aliphatic rings. The molecule has 102 valence electrons. The highest BCUT2D eigenvalue weighted by atomic mass is 16.5. The second-order valence-corrected chi connectivity index (χ2v) is 7.56. The van der Waals surface area contributed by atoms with Crippen molar-refractivity contribution in [1.82, 2.24) is 0 Å². The minimum absolute atomic E-state index is 0.0762. The van der Waals surface area contributed by atoms with Crippen LogP contribution in [-0.4, -0.2) is 12.6 Å². The predicted molar refractivity (Wildman–Crippen MR) is 76.6 cm³/mol. The summed E-state index contributed by atoms with van der Waals surface area (Å²) < 4.78 is 5.43. The number of rotatable bonds is 1. The lowest BCUT2D eigenvalue weighted by Crippen LogP contribution is -2.52. The maximum absolute atomic E-state index is 6.72. The van der Waals surface area contributed by atoms with E-state index in [9.17, 15) is 0 Å². The van der Waals surface area contributed by atoms with Crippen LogP contribution in [0.3, 0.4) is 0 Å². The van der Waals surface area contributed by atoms with Crippen molar-refractivity contribution < 1.29 is 4.74 Å². The lowest BCUT2D eigenvalue weighted by atomic mass is 9.56. The molecule has 4 atom stereocenters. The second kappa shape index (κ2) is 3.54. The van der Waals surface area contributed by atoms with Gasteiger partial charge < -0.3 is 10.5 Å². The molecule has 1 aromatic carbocycles. The van der Waals surface area contributed by atoms with Crippen LogP contribution in [0.5, 0.6) is 5.75 Å². The standard InChI is InChI=1S/C17H23NO/c1-16-6-11-8-17(18,10-16)9-12(7-16)15-5-13(19-2)3-4-14(11)15/h3-5,11-12H,6-10,18H2,1-2H3. The molecule has 4 bridgehead atoms. The average molecular weight is 257 g/mol. The molecular weight excluding hydrogens is 234 g/mol. The summed E-state index contributed by atoms with van der Waals surface area (Å²) in [6, 6.07) is 6.70. The van der Waals surface area contributed by atoms with Crippen molar-refractivity contribution >= 4 is 0 Å². The summed E-state index contributed by atoms with van der Waals surface area (Å²) in [4.78, 5) is 0. The van der Waals surface area contributed by atoms with Gasteiger partial charge in [0.2, 0.25) is 0 Å². The van der Waals surface area contributed by atoms with Crippen molar-refractivity contribution in [2.24, 2.45) is 11.1 Å². The van der Waals surface area contributed by atoms with E-state index in [-0.39, 0.29) is 5.54 Å². The van der Waals surface area contributed by atoms with E-state index in [0.717, 1.165) is 5.75 Å². The highest BCUT2D eigenvalue weighted by Crippen LogP contribution is 2.62. The highest BCUT2D eigenvalue weighted by Gasteiger charge is 2.53. The number of hydrogen-bond acceptors (Lipinski definition) is 2. The quantitative estimate of drug-likeness (QED) is 0.835. The van der Waals surface area contributed by atoms with Gasteiger partial charge in [-0.15, -0.1) is 0 Å². The van der Waals surface area contributed by atoms with Gasteiger partial charge in [-0.25, -0.2) is 0 Å². The van der Waals surface area contributed by atoms with Gasteiger partial charge in [0.25, 0.3) is 0 Å². The molecule has 0 spiro atoms. The molecule has 2 fully saturated rings. The van der Waals surface area contributed by atoms with Crippen LogP contribution in [0.25, 0.3) is 0 Å². The summed E-state index contributed by atoms with van der Waals surface area (Å²) in [5, 5.41) is 0. The fourth-order valence-corrected chi connectivity index (χ4v) is 5.47. The number of hydrogen-bond donors (Lipinski definition) is 1. The summed E-state index contributed by atoms with van der Waals surface area (Å²) in [6.07, 6.45) is 6.19. The zero-order valence-electron chi connectivity index (χ0n) is 11.9. The van der Waals surface area contributed by atoms with Crippen LogP contribution in [0.2, 0.25) is 0 Å². The molecule has 0 amide bonds. The Morgan fingerprint density at radius 3 is 2.42 bits per heavy atom. The maximum Gasteiger partial charge on any atom is 0.119 e. The van der Waals surface area contributed by atoms with Crippen LogP contribution in [0.15, 0.2) is 18.2 Å². The SMILES string of the molecule is COc1ccc2c(c1)C1CC3(C)CC2CC(N)(C1)C3. The Morgan fingerprint density at radius 2 is 1.79 bits per heavy atom. The molecule has 2 N–H and O–H groups in total. The summed E-state index contributed by atoms with van der Waals surface area (Å²) in [6.45, 7) is 2.45. The molecule has 0 radical (unpaired) electrons. The summed E-state index contributed by atoms with van der Waals surface area (Å²) in [7, 11) is 1.76. The van der Waals surface area contributed by atoms with E-state index in [4.69, 9.17) is 10.5 Å². The molecular formula is C17H23NO. The van der Waals surface area contributed by atoms with Crippen molar-refractivity contribution in [3.63, 3.8) is 0 Å². The van der Waals surface area contributed by atoms with Crippen LogP contribution >= 0.6 is 0 Å². The Balaban J connectivity index is 1.89. The first-order valence-electron chi connectivity index (χ1n) is 7.47. The smallest absolute Gasteiger partial charge is 0.119 e. The topological polar surface area (TPSA) is 35.2 Å². The molecule has 4 unspecified atom stereocenters. The van der Waals surface area contributed by atoms with Gasteiger partial charge >= 0.3 is 0 Å². The minimum Gasteiger partial charge on any atom is -0.497 e. The van der Waals surface area contributed by atoms with E-state index in [1.54, 1.807) is 12.7 Å². The number of ether oxygens (including phenoxy) is 1. The molecule has 2 nitrogen and oxygen atoms in total. The molecule has 0 aliphatic heterocycles. The molecule has 0 saturated heterocycles. The predicted octanol–water partition coefficient (Wildman–Crippen LogP) is 3.56. The Kier molecular flexibility index (Phi) is 2.20. The molecule has 0 heterocycles. The van der Waals surface area contributed by atoms with Gasteiger partial charge in [0.15, 0.2) is 0 Å². The van der Waals surface area contributed by atoms with Crippen molar-refractivity contribution in [2.75, 3.05) is 7.11 Å². The Bertz CT molecular complexity index is 520. The Labute approximate surface area is 115 Å². The number of nitrogens with two attached hydrogens (primary N) is 1. The summed E-state index contributed by atoms with van der Waals surface area (Å²) in [5.41, 5.74) is 10.3. The molecule has 4 aliphatic carbocycles.